The highest BCUT2D eigenvalue weighted by molar-refractivity contribution is 7.71. The second-order valence-corrected chi connectivity index (χ2v) is 8.15. The molecular formula is C17H22N5S2+. The van der Waals surface area contributed by atoms with Crippen LogP contribution < -0.4 is 4.90 Å². The molecule has 2 atom stereocenters. The standard InChI is InChI=1S/C17H21N5S2/c1-11(16-18-13-6-4-5-7-14(13)24-16)20(2)10-22-17(23)21(3)15(19-22)12-8-9-12/h4-7,11-12H,8-10H2,1-3H3/p+1/t11-/m0/s1. The fourth-order valence-electron chi connectivity index (χ4n) is 2.96. The summed E-state index contributed by atoms with van der Waals surface area (Å²) in [5, 5.41) is 5.93. The molecule has 4 rings (SSSR count). The van der Waals surface area contributed by atoms with Crippen LogP contribution in [0.1, 0.15) is 42.6 Å². The fraction of sp³-hybridized carbons (Fsp3) is 0.471. The number of hydrogen-bond donors (Lipinski definition) is 1. The second-order valence-electron chi connectivity index (χ2n) is 6.72. The van der Waals surface area contributed by atoms with E-state index in [-0.39, 0.29) is 0 Å². The van der Waals surface area contributed by atoms with Gasteiger partial charge < -0.3 is 9.47 Å². The summed E-state index contributed by atoms with van der Waals surface area (Å²) in [5.41, 5.74) is 1.09. The molecule has 1 aliphatic carbocycles. The van der Waals surface area contributed by atoms with E-state index < -0.39 is 0 Å². The Hall–Kier alpha value is -1.57. The minimum absolute atomic E-state index is 0.302. The lowest BCUT2D eigenvalue weighted by Gasteiger charge is -2.19. The van der Waals surface area contributed by atoms with E-state index in [2.05, 4.69) is 36.7 Å². The van der Waals surface area contributed by atoms with E-state index in [1.165, 1.54) is 27.4 Å². The molecule has 1 fully saturated rings. The van der Waals surface area contributed by atoms with Crippen LogP contribution in [0.5, 0.6) is 0 Å². The Morgan fingerprint density at radius 2 is 2.12 bits per heavy atom. The van der Waals surface area contributed by atoms with Crippen molar-refractivity contribution in [3.63, 3.8) is 0 Å². The Labute approximate surface area is 150 Å². The first-order chi connectivity index (χ1) is 11.5. The van der Waals surface area contributed by atoms with Gasteiger partial charge in [0.2, 0.25) is 4.77 Å². The molecule has 24 heavy (non-hydrogen) atoms. The Morgan fingerprint density at radius 1 is 1.38 bits per heavy atom. The van der Waals surface area contributed by atoms with Crippen molar-refractivity contribution in [1.82, 2.24) is 19.3 Å². The van der Waals surface area contributed by atoms with E-state index in [4.69, 9.17) is 22.3 Å². The summed E-state index contributed by atoms with van der Waals surface area (Å²) in [6, 6.07) is 8.62. The first kappa shape index (κ1) is 15.9. The van der Waals surface area contributed by atoms with Gasteiger partial charge in [-0.15, -0.1) is 11.3 Å². The summed E-state index contributed by atoms with van der Waals surface area (Å²) in [7, 11) is 4.22. The highest BCUT2D eigenvalue weighted by Gasteiger charge is 2.30. The molecule has 0 aliphatic heterocycles. The SMILES string of the molecule is C[C@@H](c1nc2ccccc2s1)[NH+](C)Cn1nc(C2CC2)n(C)c1=S. The molecule has 1 unspecified atom stereocenters. The lowest BCUT2D eigenvalue weighted by molar-refractivity contribution is -0.933. The molecule has 0 amide bonds. The number of benzene rings is 1. The van der Waals surface area contributed by atoms with Gasteiger partial charge in [0.05, 0.1) is 17.3 Å². The molecule has 3 aromatic rings. The molecule has 5 nitrogen and oxygen atoms in total. The number of hydrogen-bond acceptors (Lipinski definition) is 4. The van der Waals surface area contributed by atoms with E-state index >= 15 is 0 Å². The third-order valence-corrected chi connectivity index (χ3v) is 6.54. The van der Waals surface area contributed by atoms with Crippen LogP contribution in [0.15, 0.2) is 24.3 Å². The van der Waals surface area contributed by atoms with Gasteiger partial charge in [-0.2, -0.15) is 9.78 Å². The number of thiazole rings is 1. The Kier molecular flexibility index (Phi) is 4.02. The topological polar surface area (TPSA) is 40.1 Å². The predicted molar refractivity (Wildman–Crippen MR) is 98.9 cm³/mol. The number of aromatic nitrogens is 4. The van der Waals surface area contributed by atoms with Gasteiger partial charge in [-0.25, -0.2) is 4.98 Å². The largest absolute Gasteiger partial charge is 0.311 e. The van der Waals surface area contributed by atoms with Crippen molar-refractivity contribution < 1.29 is 4.90 Å². The quantitative estimate of drug-likeness (QED) is 0.711. The average molecular weight is 361 g/mol. The van der Waals surface area contributed by atoms with Gasteiger partial charge in [0.25, 0.3) is 0 Å². The Morgan fingerprint density at radius 3 is 2.83 bits per heavy atom. The molecule has 2 heterocycles. The maximum atomic E-state index is 5.57. The third kappa shape index (κ3) is 2.81. The Bertz CT molecular complexity index is 901. The molecule has 0 radical (unpaired) electrons. The van der Waals surface area contributed by atoms with Crippen LogP contribution in [0.4, 0.5) is 0 Å². The van der Waals surface area contributed by atoms with Gasteiger partial charge in [-0.05, 0) is 44.1 Å². The summed E-state index contributed by atoms with van der Waals surface area (Å²) >= 11 is 7.35. The number of quaternary nitrogens is 1. The van der Waals surface area contributed by atoms with Crippen LogP contribution in [0.2, 0.25) is 0 Å². The molecule has 0 saturated heterocycles. The molecule has 7 heteroatoms. The number of nitrogens with zero attached hydrogens (tertiary/aromatic N) is 4. The first-order valence-corrected chi connectivity index (χ1v) is 9.58. The highest BCUT2D eigenvalue weighted by Crippen LogP contribution is 2.38. The summed E-state index contributed by atoms with van der Waals surface area (Å²) in [5.74, 6) is 1.75. The average Bonchev–Trinajstić information content (AvgIpc) is 3.27. The summed E-state index contributed by atoms with van der Waals surface area (Å²) in [6.45, 7) is 2.98. The van der Waals surface area contributed by atoms with E-state index in [1.807, 2.05) is 17.8 Å². The van der Waals surface area contributed by atoms with Crippen molar-refractivity contribution >= 4 is 33.8 Å². The number of para-hydroxylation sites is 1. The summed E-state index contributed by atoms with van der Waals surface area (Å²) in [6.07, 6.45) is 2.48. The van der Waals surface area contributed by atoms with Crippen molar-refractivity contribution in [2.24, 2.45) is 7.05 Å². The number of nitrogens with one attached hydrogen (secondary N) is 1. The molecule has 0 bridgehead atoms. The van der Waals surface area contributed by atoms with Gasteiger partial charge >= 0.3 is 0 Å². The molecule has 0 spiro atoms. The van der Waals surface area contributed by atoms with Crippen LogP contribution in [0.3, 0.4) is 0 Å². The molecule has 2 aromatic heterocycles. The molecule has 1 aliphatic rings. The van der Waals surface area contributed by atoms with Crippen LogP contribution in [-0.4, -0.2) is 26.4 Å². The van der Waals surface area contributed by atoms with E-state index in [0.717, 1.165) is 22.8 Å². The molecule has 1 aromatic carbocycles. The van der Waals surface area contributed by atoms with Gasteiger partial charge in [0.1, 0.15) is 11.9 Å². The minimum atomic E-state index is 0.302. The zero-order valence-corrected chi connectivity index (χ0v) is 15.8. The normalized spacial score (nSPS) is 17.3. The van der Waals surface area contributed by atoms with Gasteiger partial charge in [0, 0.05) is 13.0 Å². The van der Waals surface area contributed by atoms with Crippen LogP contribution in [0.25, 0.3) is 10.2 Å². The maximum absolute atomic E-state index is 5.57. The molecule has 1 saturated carbocycles. The zero-order valence-electron chi connectivity index (χ0n) is 14.2. The summed E-state index contributed by atoms with van der Waals surface area (Å²) < 4.78 is 6.11. The monoisotopic (exact) mass is 360 g/mol. The lowest BCUT2D eigenvalue weighted by atomic mass is 10.3. The zero-order chi connectivity index (χ0) is 16.8. The van der Waals surface area contributed by atoms with Crippen LogP contribution >= 0.6 is 23.6 Å². The minimum Gasteiger partial charge on any atom is -0.311 e. The van der Waals surface area contributed by atoms with E-state index in [1.54, 1.807) is 11.3 Å². The fourth-order valence-corrected chi connectivity index (χ4v) is 4.27. The van der Waals surface area contributed by atoms with E-state index in [0.29, 0.717) is 12.0 Å². The predicted octanol–water partition coefficient (Wildman–Crippen LogP) is 2.67. The van der Waals surface area contributed by atoms with Crippen molar-refractivity contribution in [1.29, 1.82) is 0 Å². The summed E-state index contributed by atoms with van der Waals surface area (Å²) in [4.78, 5) is 6.13. The van der Waals surface area contributed by atoms with E-state index in [9.17, 15) is 0 Å². The molecule has 1 N–H and O–H groups in total. The molecular weight excluding hydrogens is 338 g/mol. The highest BCUT2D eigenvalue weighted by atomic mass is 32.1. The van der Waals surface area contributed by atoms with Gasteiger partial charge in [-0.3, -0.25) is 0 Å². The maximum Gasteiger partial charge on any atom is 0.202 e. The van der Waals surface area contributed by atoms with Crippen molar-refractivity contribution in [3.05, 3.63) is 39.9 Å². The smallest absolute Gasteiger partial charge is 0.202 e. The second kappa shape index (κ2) is 6.06. The third-order valence-electron chi connectivity index (χ3n) is 4.84. The van der Waals surface area contributed by atoms with Crippen LogP contribution in [0, 0.1) is 4.77 Å². The van der Waals surface area contributed by atoms with Crippen molar-refractivity contribution in [3.8, 4) is 0 Å². The van der Waals surface area contributed by atoms with Crippen molar-refractivity contribution in [2.75, 3.05) is 7.05 Å². The lowest BCUT2D eigenvalue weighted by Crippen LogP contribution is -3.08. The number of fused-ring (bicyclic) bond motifs is 1. The van der Waals surface area contributed by atoms with Crippen LogP contribution in [-0.2, 0) is 13.7 Å². The van der Waals surface area contributed by atoms with Gasteiger partial charge in [-0.1, -0.05) is 12.1 Å². The van der Waals surface area contributed by atoms with Gasteiger partial charge in [0.15, 0.2) is 11.7 Å². The van der Waals surface area contributed by atoms with Crippen molar-refractivity contribution in [2.45, 2.75) is 38.4 Å². The Balaban J connectivity index is 1.56. The molecule has 126 valence electrons. The number of rotatable bonds is 5. The first-order valence-electron chi connectivity index (χ1n) is 8.36.